The van der Waals surface area contributed by atoms with Crippen molar-refractivity contribution < 1.29 is 5.11 Å². The summed E-state index contributed by atoms with van der Waals surface area (Å²) in [6, 6.07) is 8.33. The maximum absolute atomic E-state index is 10.5. The Hall–Kier alpha value is -0.820. The molecular weight excluding hydrogens is 208 g/mol. The molecule has 1 nitrogen and oxygen atoms in total. The van der Waals surface area contributed by atoms with Gasteiger partial charge in [0, 0.05) is 0 Å². The van der Waals surface area contributed by atoms with E-state index in [-0.39, 0.29) is 6.10 Å². The number of aliphatic hydroxyl groups is 1. The van der Waals surface area contributed by atoms with Crippen LogP contribution in [0.3, 0.4) is 0 Å². The minimum atomic E-state index is -0.260. The van der Waals surface area contributed by atoms with Crippen LogP contribution in [-0.2, 0) is 0 Å². The first-order valence-electron chi connectivity index (χ1n) is 6.95. The molecule has 1 fully saturated rings. The summed E-state index contributed by atoms with van der Waals surface area (Å²) in [7, 11) is 0. The molecule has 1 heteroatoms. The molecule has 0 aliphatic heterocycles. The summed E-state index contributed by atoms with van der Waals surface area (Å²) >= 11 is 0. The van der Waals surface area contributed by atoms with Crippen LogP contribution in [0.15, 0.2) is 24.3 Å². The zero-order chi connectivity index (χ0) is 12.3. The van der Waals surface area contributed by atoms with Crippen molar-refractivity contribution in [2.24, 2.45) is 11.8 Å². The first-order chi connectivity index (χ1) is 8.20. The molecule has 17 heavy (non-hydrogen) atoms. The van der Waals surface area contributed by atoms with E-state index < -0.39 is 0 Å². The van der Waals surface area contributed by atoms with Crippen molar-refractivity contribution >= 4 is 0 Å². The van der Waals surface area contributed by atoms with E-state index in [4.69, 9.17) is 0 Å². The molecule has 3 atom stereocenters. The number of rotatable bonds is 3. The van der Waals surface area contributed by atoms with Crippen LogP contribution < -0.4 is 0 Å². The molecule has 0 radical (unpaired) electrons. The van der Waals surface area contributed by atoms with E-state index in [1.54, 1.807) is 0 Å². The van der Waals surface area contributed by atoms with Gasteiger partial charge in [-0.3, -0.25) is 0 Å². The highest BCUT2D eigenvalue weighted by Crippen LogP contribution is 2.38. The fourth-order valence-corrected chi connectivity index (χ4v) is 3.12. The minimum absolute atomic E-state index is 0.260. The molecule has 0 bridgehead atoms. The molecule has 1 saturated carbocycles. The molecule has 0 heterocycles. The van der Waals surface area contributed by atoms with E-state index in [1.807, 2.05) is 6.07 Å². The van der Waals surface area contributed by atoms with Crippen LogP contribution in [0.1, 0.15) is 56.3 Å². The molecular formula is C16H24O. The lowest BCUT2D eigenvalue weighted by molar-refractivity contribution is 0.0678. The third kappa shape index (κ3) is 3.10. The quantitative estimate of drug-likeness (QED) is 0.826. The van der Waals surface area contributed by atoms with Gasteiger partial charge in [0.15, 0.2) is 0 Å². The number of aliphatic hydroxyl groups excluding tert-OH is 1. The molecule has 2 rings (SSSR count). The fourth-order valence-electron chi connectivity index (χ4n) is 3.12. The summed E-state index contributed by atoms with van der Waals surface area (Å²) in [5.74, 6) is 1.30. The van der Waals surface area contributed by atoms with Gasteiger partial charge in [-0.15, -0.1) is 0 Å². The molecule has 1 aromatic carbocycles. The van der Waals surface area contributed by atoms with Crippen molar-refractivity contribution in [3.8, 4) is 0 Å². The molecule has 0 amide bonds. The molecule has 0 aromatic heterocycles. The second kappa shape index (κ2) is 5.68. The van der Waals surface area contributed by atoms with Crippen LogP contribution in [0.25, 0.3) is 0 Å². The summed E-state index contributed by atoms with van der Waals surface area (Å²) in [5.41, 5.74) is 2.34. The molecule has 94 valence electrons. The average molecular weight is 232 g/mol. The van der Waals surface area contributed by atoms with E-state index in [2.05, 4.69) is 32.0 Å². The lowest BCUT2D eigenvalue weighted by Gasteiger charge is -2.32. The van der Waals surface area contributed by atoms with E-state index in [9.17, 15) is 5.11 Å². The van der Waals surface area contributed by atoms with E-state index in [0.29, 0.717) is 5.92 Å². The van der Waals surface area contributed by atoms with Crippen LogP contribution >= 0.6 is 0 Å². The fraction of sp³-hybridized carbons (Fsp3) is 0.625. The minimum Gasteiger partial charge on any atom is -0.388 e. The van der Waals surface area contributed by atoms with Gasteiger partial charge in [-0.2, -0.15) is 0 Å². The van der Waals surface area contributed by atoms with Crippen molar-refractivity contribution in [1.82, 2.24) is 0 Å². The average Bonchev–Trinajstić information content (AvgIpc) is 2.38. The summed E-state index contributed by atoms with van der Waals surface area (Å²) < 4.78 is 0. The van der Waals surface area contributed by atoms with Crippen LogP contribution in [0.4, 0.5) is 0 Å². The van der Waals surface area contributed by atoms with Crippen LogP contribution in [-0.4, -0.2) is 5.11 Å². The Morgan fingerprint density at radius 2 is 2.18 bits per heavy atom. The second-order valence-corrected chi connectivity index (χ2v) is 5.56. The van der Waals surface area contributed by atoms with Crippen molar-refractivity contribution in [1.29, 1.82) is 0 Å². The topological polar surface area (TPSA) is 20.2 Å². The van der Waals surface area contributed by atoms with E-state index in [0.717, 1.165) is 11.5 Å². The Kier molecular flexibility index (Phi) is 4.22. The molecule has 3 unspecified atom stereocenters. The van der Waals surface area contributed by atoms with Gasteiger partial charge in [0.2, 0.25) is 0 Å². The number of hydrogen-bond donors (Lipinski definition) is 1. The van der Waals surface area contributed by atoms with Crippen molar-refractivity contribution in [3.05, 3.63) is 35.4 Å². The van der Waals surface area contributed by atoms with Crippen molar-refractivity contribution in [2.75, 3.05) is 0 Å². The monoisotopic (exact) mass is 232 g/mol. The molecule has 1 aromatic rings. The lowest BCUT2D eigenvalue weighted by atomic mass is 9.76. The first kappa shape index (κ1) is 12.6. The van der Waals surface area contributed by atoms with E-state index in [1.165, 1.54) is 37.7 Å². The van der Waals surface area contributed by atoms with Gasteiger partial charge in [0.1, 0.15) is 0 Å². The Bertz CT molecular complexity index is 358. The van der Waals surface area contributed by atoms with Gasteiger partial charge < -0.3 is 5.11 Å². The van der Waals surface area contributed by atoms with Gasteiger partial charge in [-0.05, 0) is 37.2 Å². The Morgan fingerprint density at radius 1 is 1.35 bits per heavy atom. The predicted molar refractivity (Wildman–Crippen MR) is 71.9 cm³/mol. The summed E-state index contributed by atoms with van der Waals surface area (Å²) in [5, 5.41) is 10.5. The SMILES string of the molecule is CCC1CCCC(C(O)c2cccc(C)c2)C1. The standard InChI is InChI=1S/C16H24O/c1-3-13-7-5-9-15(11-13)16(17)14-8-4-6-12(2)10-14/h4,6,8,10,13,15-17H,3,5,7,9,11H2,1-2H3. The van der Waals surface area contributed by atoms with Gasteiger partial charge in [-0.1, -0.05) is 56.0 Å². The summed E-state index contributed by atoms with van der Waals surface area (Å²) in [6.45, 7) is 4.36. The zero-order valence-corrected chi connectivity index (χ0v) is 11.0. The Labute approximate surface area is 105 Å². The van der Waals surface area contributed by atoms with Gasteiger partial charge >= 0.3 is 0 Å². The molecule has 1 N–H and O–H groups in total. The molecule has 0 saturated heterocycles. The number of hydrogen-bond acceptors (Lipinski definition) is 1. The van der Waals surface area contributed by atoms with E-state index >= 15 is 0 Å². The smallest absolute Gasteiger partial charge is 0.0818 e. The van der Waals surface area contributed by atoms with Crippen molar-refractivity contribution in [2.45, 2.75) is 52.1 Å². The van der Waals surface area contributed by atoms with Crippen LogP contribution in [0, 0.1) is 18.8 Å². The maximum atomic E-state index is 10.5. The Morgan fingerprint density at radius 3 is 2.88 bits per heavy atom. The second-order valence-electron chi connectivity index (χ2n) is 5.56. The van der Waals surface area contributed by atoms with Crippen LogP contribution in [0.2, 0.25) is 0 Å². The predicted octanol–water partition coefficient (Wildman–Crippen LogP) is 4.24. The highest BCUT2D eigenvalue weighted by atomic mass is 16.3. The number of benzene rings is 1. The summed E-state index contributed by atoms with van der Waals surface area (Å²) in [6.07, 6.45) is 6.03. The lowest BCUT2D eigenvalue weighted by Crippen LogP contribution is -2.21. The largest absolute Gasteiger partial charge is 0.388 e. The van der Waals surface area contributed by atoms with Gasteiger partial charge in [-0.25, -0.2) is 0 Å². The van der Waals surface area contributed by atoms with Gasteiger partial charge in [0.05, 0.1) is 6.10 Å². The first-order valence-corrected chi connectivity index (χ1v) is 6.95. The maximum Gasteiger partial charge on any atom is 0.0818 e. The third-order valence-corrected chi connectivity index (χ3v) is 4.23. The van der Waals surface area contributed by atoms with Crippen LogP contribution in [0.5, 0.6) is 0 Å². The normalized spacial score (nSPS) is 26.8. The van der Waals surface area contributed by atoms with Crippen molar-refractivity contribution in [3.63, 3.8) is 0 Å². The summed E-state index contributed by atoms with van der Waals surface area (Å²) in [4.78, 5) is 0. The Balaban J connectivity index is 2.06. The highest BCUT2D eigenvalue weighted by Gasteiger charge is 2.27. The third-order valence-electron chi connectivity index (χ3n) is 4.23. The molecule has 1 aliphatic carbocycles. The highest BCUT2D eigenvalue weighted by molar-refractivity contribution is 5.24. The number of aryl methyl sites for hydroxylation is 1. The zero-order valence-electron chi connectivity index (χ0n) is 11.0. The molecule has 0 spiro atoms. The molecule has 1 aliphatic rings. The van der Waals surface area contributed by atoms with Gasteiger partial charge in [0.25, 0.3) is 0 Å².